The maximum Gasteiger partial charge on any atom is 0.315 e. The van der Waals surface area contributed by atoms with Crippen molar-refractivity contribution in [3.05, 3.63) is 23.7 Å². The minimum absolute atomic E-state index is 0.159. The monoisotopic (exact) mass is 310 g/mol. The van der Waals surface area contributed by atoms with Crippen LogP contribution in [0.25, 0.3) is 0 Å². The zero-order chi connectivity index (χ0) is 16.4. The van der Waals surface area contributed by atoms with Gasteiger partial charge in [0.25, 0.3) is 0 Å². The molecule has 0 aliphatic rings. The van der Waals surface area contributed by atoms with Crippen molar-refractivity contribution in [2.45, 2.75) is 52.0 Å². The second kappa shape index (κ2) is 9.87. The number of hydrogen-bond acceptors (Lipinski definition) is 4. The maximum atomic E-state index is 11.7. The Hall–Kier alpha value is -1.98. The van der Waals surface area contributed by atoms with E-state index in [9.17, 15) is 9.59 Å². The third kappa shape index (κ3) is 7.15. The second-order valence-corrected chi connectivity index (χ2v) is 5.31. The summed E-state index contributed by atoms with van der Waals surface area (Å²) in [4.78, 5) is 22.6. The number of ether oxygens (including phenoxy) is 1. The first kappa shape index (κ1) is 18.1. The number of amides is 2. The van der Waals surface area contributed by atoms with E-state index in [1.54, 1.807) is 0 Å². The highest BCUT2D eigenvalue weighted by atomic mass is 16.5. The van der Waals surface area contributed by atoms with E-state index in [1.807, 2.05) is 26.0 Å². The maximum absolute atomic E-state index is 11.7. The van der Waals surface area contributed by atoms with Crippen LogP contribution in [0.15, 0.2) is 16.5 Å². The van der Waals surface area contributed by atoms with Gasteiger partial charge < -0.3 is 19.8 Å². The number of carbonyl (C=O) groups is 2. The summed E-state index contributed by atoms with van der Waals surface area (Å²) in [7, 11) is 1.40. The van der Waals surface area contributed by atoms with Crippen molar-refractivity contribution < 1.29 is 18.7 Å². The summed E-state index contributed by atoms with van der Waals surface area (Å²) >= 11 is 0. The summed E-state index contributed by atoms with van der Waals surface area (Å²) in [6, 6.07) is 3.38. The molecule has 1 atom stereocenters. The molecule has 0 fully saturated rings. The first-order chi connectivity index (χ1) is 10.5. The summed E-state index contributed by atoms with van der Waals surface area (Å²) in [6.45, 7) is 4.37. The van der Waals surface area contributed by atoms with Crippen molar-refractivity contribution in [3.8, 4) is 0 Å². The summed E-state index contributed by atoms with van der Waals surface area (Å²) in [6.07, 6.45) is 4.12. The second-order valence-electron chi connectivity index (χ2n) is 5.31. The molecule has 6 nitrogen and oxygen atoms in total. The van der Waals surface area contributed by atoms with Gasteiger partial charge in [0.05, 0.1) is 13.2 Å². The number of hydrogen-bond donors (Lipinski definition) is 2. The molecule has 0 bridgehead atoms. The van der Waals surface area contributed by atoms with E-state index >= 15 is 0 Å². The quantitative estimate of drug-likeness (QED) is 0.542. The van der Waals surface area contributed by atoms with Gasteiger partial charge in [-0.3, -0.25) is 4.79 Å². The van der Waals surface area contributed by atoms with E-state index in [-0.39, 0.29) is 18.0 Å². The highest BCUT2D eigenvalue weighted by molar-refractivity contribution is 5.74. The highest BCUT2D eigenvalue weighted by Crippen LogP contribution is 2.15. The SMILES string of the molecule is COC(=O)CCCCCCNC(=O)NC(C)c1ccc(C)o1. The first-order valence-electron chi connectivity index (χ1n) is 7.70. The van der Waals surface area contributed by atoms with Gasteiger partial charge >= 0.3 is 12.0 Å². The first-order valence-corrected chi connectivity index (χ1v) is 7.70. The molecule has 0 spiro atoms. The molecule has 22 heavy (non-hydrogen) atoms. The summed E-state index contributed by atoms with van der Waals surface area (Å²) in [5.74, 6) is 1.41. The van der Waals surface area contributed by atoms with E-state index < -0.39 is 0 Å². The normalized spacial score (nSPS) is 11.8. The third-order valence-corrected chi connectivity index (χ3v) is 3.36. The molecule has 2 amide bonds. The van der Waals surface area contributed by atoms with Crippen LogP contribution in [0.3, 0.4) is 0 Å². The number of unbranched alkanes of at least 4 members (excludes halogenated alkanes) is 3. The van der Waals surface area contributed by atoms with E-state index in [2.05, 4.69) is 15.4 Å². The van der Waals surface area contributed by atoms with Crippen molar-refractivity contribution in [3.63, 3.8) is 0 Å². The molecule has 0 saturated carbocycles. The fourth-order valence-electron chi connectivity index (χ4n) is 2.06. The number of aryl methyl sites for hydroxylation is 1. The van der Waals surface area contributed by atoms with Crippen LogP contribution in [0, 0.1) is 6.92 Å². The van der Waals surface area contributed by atoms with Crippen LogP contribution in [-0.4, -0.2) is 25.7 Å². The Balaban J connectivity index is 2.05. The zero-order valence-electron chi connectivity index (χ0n) is 13.6. The van der Waals surface area contributed by atoms with Gasteiger partial charge in [-0.1, -0.05) is 12.8 Å². The molecule has 1 aromatic rings. The van der Waals surface area contributed by atoms with Crippen LogP contribution in [0.5, 0.6) is 0 Å². The standard InChI is InChI=1S/C16H26N2O4/c1-12-9-10-14(22-12)13(2)18-16(20)17-11-7-5-4-6-8-15(19)21-3/h9-10,13H,4-8,11H2,1-3H3,(H2,17,18,20). The van der Waals surface area contributed by atoms with Crippen LogP contribution >= 0.6 is 0 Å². The van der Waals surface area contributed by atoms with Crippen LogP contribution in [0.4, 0.5) is 4.79 Å². The molecule has 1 unspecified atom stereocenters. The van der Waals surface area contributed by atoms with Gasteiger partial charge in [-0.15, -0.1) is 0 Å². The van der Waals surface area contributed by atoms with E-state index in [0.717, 1.165) is 37.2 Å². The molecule has 0 aromatic carbocycles. The number of rotatable bonds is 9. The number of urea groups is 1. The molecule has 0 aliphatic heterocycles. The lowest BCUT2D eigenvalue weighted by molar-refractivity contribution is -0.140. The number of furan rings is 1. The van der Waals surface area contributed by atoms with Crippen molar-refractivity contribution >= 4 is 12.0 Å². The lowest BCUT2D eigenvalue weighted by atomic mass is 10.1. The molecule has 0 radical (unpaired) electrons. The Kier molecular flexibility index (Phi) is 8.10. The Bertz CT molecular complexity index is 470. The van der Waals surface area contributed by atoms with Crippen molar-refractivity contribution in [2.75, 3.05) is 13.7 Å². The van der Waals surface area contributed by atoms with Gasteiger partial charge in [0.1, 0.15) is 11.5 Å². The highest BCUT2D eigenvalue weighted by Gasteiger charge is 2.11. The van der Waals surface area contributed by atoms with Crippen molar-refractivity contribution in [2.24, 2.45) is 0 Å². The Labute approximate surface area is 131 Å². The predicted octanol–water partition coefficient (Wildman–Crippen LogP) is 3.07. The molecule has 1 aromatic heterocycles. The average Bonchev–Trinajstić information content (AvgIpc) is 2.92. The van der Waals surface area contributed by atoms with E-state index in [1.165, 1.54) is 7.11 Å². The third-order valence-electron chi connectivity index (χ3n) is 3.36. The van der Waals surface area contributed by atoms with Crippen molar-refractivity contribution in [1.29, 1.82) is 0 Å². The van der Waals surface area contributed by atoms with Crippen LogP contribution < -0.4 is 10.6 Å². The minimum Gasteiger partial charge on any atom is -0.469 e. The molecule has 0 aliphatic carbocycles. The Morgan fingerprint density at radius 2 is 1.95 bits per heavy atom. The van der Waals surface area contributed by atoms with Gasteiger partial charge in [-0.2, -0.15) is 0 Å². The minimum atomic E-state index is -0.198. The molecular formula is C16H26N2O4. The van der Waals surface area contributed by atoms with E-state index in [0.29, 0.717) is 13.0 Å². The fourth-order valence-corrected chi connectivity index (χ4v) is 2.06. The molecular weight excluding hydrogens is 284 g/mol. The average molecular weight is 310 g/mol. The number of methoxy groups -OCH3 is 1. The Morgan fingerprint density at radius 3 is 2.59 bits per heavy atom. The van der Waals surface area contributed by atoms with E-state index in [4.69, 9.17) is 4.42 Å². The lowest BCUT2D eigenvalue weighted by Gasteiger charge is -2.12. The number of carbonyl (C=O) groups excluding carboxylic acids is 2. The fraction of sp³-hybridized carbons (Fsp3) is 0.625. The smallest absolute Gasteiger partial charge is 0.315 e. The van der Waals surface area contributed by atoms with Gasteiger partial charge in [0.2, 0.25) is 0 Å². The topological polar surface area (TPSA) is 80.6 Å². The zero-order valence-corrected chi connectivity index (χ0v) is 13.6. The predicted molar refractivity (Wildman–Crippen MR) is 83.5 cm³/mol. The Morgan fingerprint density at radius 1 is 1.23 bits per heavy atom. The van der Waals surface area contributed by atoms with Crippen LogP contribution in [-0.2, 0) is 9.53 Å². The van der Waals surface area contributed by atoms with Crippen molar-refractivity contribution in [1.82, 2.24) is 10.6 Å². The number of nitrogens with one attached hydrogen (secondary N) is 2. The van der Waals surface area contributed by atoms with Gasteiger partial charge in [0.15, 0.2) is 0 Å². The molecule has 124 valence electrons. The summed E-state index contributed by atoms with van der Waals surface area (Å²) in [5, 5.41) is 5.65. The van der Waals surface area contributed by atoms with Gasteiger partial charge in [0, 0.05) is 13.0 Å². The summed E-state index contributed by atoms with van der Waals surface area (Å²) in [5.41, 5.74) is 0. The molecule has 0 saturated heterocycles. The molecule has 6 heteroatoms. The molecule has 2 N–H and O–H groups in total. The summed E-state index contributed by atoms with van der Waals surface area (Å²) < 4.78 is 10.0. The molecule has 1 heterocycles. The van der Waals surface area contributed by atoms with Crippen LogP contribution in [0.1, 0.15) is 56.6 Å². The largest absolute Gasteiger partial charge is 0.469 e. The van der Waals surface area contributed by atoms with Gasteiger partial charge in [-0.25, -0.2) is 4.79 Å². The lowest BCUT2D eigenvalue weighted by Crippen LogP contribution is -2.37. The number of esters is 1. The molecule has 1 rings (SSSR count). The van der Waals surface area contributed by atoms with Crippen LogP contribution in [0.2, 0.25) is 0 Å². The van der Waals surface area contributed by atoms with Gasteiger partial charge in [-0.05, 0) is 38.8 Å².